The lowest BCUT2D eigenvalue weighted by molar-refractivity contribution is 0.215. The predicted molar refractivity (Wildman–Crippen MR) is 72.8 cm³/mol. The van der Waals surface area contributed by atoms with Crippen LogP contribution in [0, 0.1) is 0 Å². The average Bonchev–Trinajstić information content (AvgIpc) is 2.88. The second-order valence-electron chi connectivity index (χ2n) is 3.77. The number of ether oxygens (including phenoxy) is 1. The third kappa shape index (κ3) is 2.52. The van der Waals surface area contributed by atoms with Crippen molar-refractivity contribution < 1.29 is 9.53 Å². The van der Waals surface area contributed by atoms with Crippen LogP contribution in [-0.2, 0) is 0 Å². The van der Waals surface area contributed by atoms with Gasteiger partial charge in [0, 0.05) is 0 Å². The van der Waals surface area contributed by atoms with Gasteiger partial charge in [-0.15, -0.1) is 0 Å². The van der Waals surface area contributed by atoms with Crippen molar-refractivity contribution in [2.45, 2.75) is 0 Å². The van der Waals surface area contributed by atoms with Crippen molar-refractivity contribution >= 4 is 34.8 Å². The normalized spacial score (nSPS) is 10.4. The maximum Gasteiger partial charge on any atom is 0.419 e. The van der Waals surface area contributed by atoms with Crippen LogP contribution >= 0.6 is 11.6 Å². The Labute approximate surface area is 118 Å². The molecule has 0 unspecified atom stereocenters. The second kappa shape index (κ2) is 5.14. The molecule has 2 N–H and O–H groups in total. The van der Waals surface area contributed by atoms with Gasteiger partial charge in [0.2, 0.25) is 5.95 Å². The molecule has 0 bridgehead atoms. The lowest BCUT2D eigenvalue weighted by Gasteiger charge is -2.05. The van der Waals surface area contributed by atoms with Crippen molar-refractivity contribution in [2.75, 3.05) is 5.32 Å². The molecule has 2 heterocycles. The number of H-pyrrole nitrogens is 1. The first-order chi connectivity index (χ1) is 9.72. The summed E-state index contributed by atoms with van der Waals surface area (Å²) in [5.41, 5.74) is 0.869. The summed E-state index contributed by atoms with van der Waals surface area (Å²) >= 11 is 5.93. The van der Waals surface area contributed by atoms with Crippen molar-refractivity contribution in [1.82, 2.24) is 19.9 Å². The molecule has 20 heavy (non-hydrogen) atoms. The van der Waals surface area contributed by atoms with Crippen LogP contribution < -0.4 is 10.1 Å². The van der Waals surface area contributed by atoms with E-state index in [1.54, 1.807) is 24.3 Å². The van der Waals surface area contributed by atoms with Crippen LogP contribution in [0.5, 0.6) is 5.75 Å². The molecule has 0 aliphatic heterocycles. The zero-order valence-corrected chi connectivity index (χ0v) is 10.8. The number of nitrogens with one attached hydrogen (secondary N) is 2. The molecule has 0 saturated carbocycles. The molecule has 0 fully saturated rings. The summed E-state index contributed by atoms with van der Waals surface area (Å²) in [6.45, 7) is 0. The highest BCUT2D eigenvalue weighted by Gasteiger charge is 2.11. The van der Waals surface area contributed by atoms with Gasteiger partial charge < -0.3 is 9.72 Å². The monoisotopic (exact) mass is 289 g/mol. The average molecular weight is 290 g/mol. The molecule has 3 aromatic rings. The fraction of sp³-hybridized carbons (Fsp3) is 0. The van der Waals surface area contributed by atoms with Gasteiger partial charge >= 0.3 is 6.09 Å². The fourth-order valence-electron chi connectivity index (χ4n) is 1.57. The molecule has 0 spiro atoms. The highest BCUT2D eigenvalue weighted by Crippen LogP contribution is 2.18. The summed E-state index contributed by atoms with van der Waals surface area (Å²) in [6, 6.07) is 8.64. The standard InChI is InChI=1S/C12H8ClN5O2/c13-9-8-10(15-6-14-8)17-11(16-9)18-12(19)20-7-4-2-1-3-5-7/h1-6H,(H2,14,15,16,17,18,19). The number of aromatic nitrogens is 4. The highest BCUT2D eigenvalue weighted by atomic mass is 35.5. The molecular weight excluding hydrogens is 282 g/mol. The van der Waals surface area contributed by atoms with Crippen molar-refractivity contribution in [2.24, 2.45) is 0 Å². The van der Waals surface area contributed by atoms with E-state index in [9.17, 15) is 4.79 Å². The Bertz CT molecular complexity index is 759. The minimum absolute atomic E-state index is 0.0236. The number of carbonyl (C=O) groups excluding carboxylic acids is 1. The number of benzene rings is 1. The third-order valence-corrected chi connectivity index (χ3v) is 2.68. The molecule has 0 saturated heterocycles. The number of halogens is 1. The quantitative estimate of drug-likeness (QED) is 0.707. The second-order valence-corrected chi connectivity index (χ2v) is 4.12. The van der Waals surface area contributed by atoms with Crippen LogP contribution in [0.15, 0.2) is 36.7 Å². The van der Waals surface area contributed by atoms with Gasteiger partial charge in [-0.1, -0.05) is 29.8 Å². The van der Waals surface area contributed by atoms with E-state index in [1.807, 2.05) is 6.07 Å². The summed E-state index contributed by atoms with van der Waals surface area (Å²) in [6.07, 6.45) is 0.735. The number of imidazole rings is 1. The zero-order chi connectivity index (χ0) is 13.9. The molecule has 0 radical (unpaired) electrons. The van der Waals surface area contributed by atoms with Crippen molar-refractivity contribution in [3.8, 4) is 5.75 Å². The molecule has 2 aromatic heterocycles. The summed E-state index contributed by atoms with van der Waals surface area (Å²) in [5, 5.41) is 2.56. The van der Waals surface area contributed by atoms with Crippen LogP contribution in [-0.4, -0.2) is 26.0 Å². The number of amides is 1. The first-order valence-corrected chi connectivity index (χ1v) is 6.00. The molecule has 0 aliphatic rings. The summed E-state index contributed by atoms with van der Waals surface area (Å²) in [7, 11) is 0. The van der Waals surface area contributed by atoms with Gasteiger partial charge in [-0.2, -0.15) is 9.97 Å². The molecule has 0 aliphatic carbocycles. The van der Waals surface area contributed by atoms with Gasteiger partial charge in [-0.25, -0.2) is 9.78 Å². The number of rotatable bonds is 2. The number of anilines is 1. The maximum absolute atomic E-state index is 11.7. The molecule has 1 aromatic carbocycles. The summed E-state index contributed by atoms with van der Waals surface area (Å²) < 4.78 is 5.05. The number of hydrogen-bond donors (Lipinski definition) is 2. The van der Waals surface area contributed by atoms with Gasteiger partial charge in [0.25, 0.3) is 0 Å². The molecule has 100 valence electrons. The van der Waals surface area contributed by atoms with E-state index in [1.165, 1.54) is 6.33 Å². The minimum atomic E-state index is -0.706. The Morgan fingerprint density at radius 3 is 2.85 bits per heavy atom. The lowest BCUT2D eigenvalue weighted by Crippen LogP contribution is -2.18. The van der Waals surface area contributed by atoms with Crippen LogP contribution in [0.2, 0.25) is 5.15 Å². The van der Waals surface area contributed by atoms with E-state index in [0.29, 0.717) is 16.9 Å². The Balaban J connectivity index is 1.77. The van der Waals surface area contributed by atoms with E-state index in [2.05, 4.69) is 25.3 Å². The molecule has 3 rings (SSSR count). The van der Waals surface area contributed by atoms with Gasteiger partial charge in [-0.3, -0.25) is 5.32 Å². The topological polar surface area (TPSA) is 92.8 Å². The van der Waals surface area contributed by atoms with E-state index in [-0.39, 0.29) is 11.1 Å². The fourth-order valence-corrected chi connectivity index (χ4v) is 1.79. The molecule has 7 nitrogen and oxygen atoms in total. The number of aromatic amines is 1. The first kappa shape index (κ1) is 12.4. The Morgan fingerprint density at radius 1 is 1.25 bits per heavy atom. The molecule has 8 heteroatoms. The lowest BCUT2D eigenvalue weighted by atomic mass is 10.3. The van der Waals surface area contributed by atoms with E-state index in [0.717, 1.165) is 0 Å². The van der Waals surface area contributed by atoms with Crippen LogP contribution in [0.3, 0.4) is 0 Å². The van der Waals surface area contributed by atoms with Gasteiger partial charge in [-0.05, 0) is 12.1 Å². The molecule has 1 amide bonds. The van der Waals surface area contributed by atoms with E-state index < -0.39 is 6.09 Å². The summed E-state index contributed by atoms with van der Waals surface area (Å²) in [5.74, 6) is 0.437. The van der Waals surface area contributed by atoms with Gasteiger partial charge in [0.05, 0.1) is 6.33 Å². The summed E-state index contributed by atoms with van der Waals surface area (Å²) in [4.78, 5) is 26.4. The third-order valence-electron chi connectivity index (χ3n) is 2.41. The smallest absolute Gasteiger partial charge is 0.410 e. The highest BCUT2D eigenvalue weighted by molar-refractivity contribution is 6.33. The Kier molecular flexibility index (Phi) is 3.18. The van der Waals surface area contributed by atoms with E-state index in [4.69, 9.17) is 16.3 Å². The Morgan fingerprint density at radius 2 is 2.05 bits per heavy atom. The van der Waals surface area contributed by atoms with Gasteiger partial charge in [0.1, 0.15) is 11.3 Å². The van der Waals surface area contributed by atoms with Crippen molar-refractivity contribution in [1.29, 1.82) is 0 Å². The number of nitrogens with zero attached hydrogens (tertiary/aromatic N) is 3. The minimum Gasteiger partial charge on any atom is -0.410 e. The van der Waals surface area contributed by atoms with Crippen LogP contribution in [0.4, 0.5) is 10.7 Å². The number of para-hydroxylation sites is 1. The molecular formula is C12H8ClN5O2. The number of fused-ring (bicyclic) bond motifs is 1. The number of hydrogen-bond acceptors (Lipinski definition) is 5. The zero-order valence-electron chi connectivity index (χ0n) is 10.0. The van der Waals surface area contributed by atoms with Crippen LogP contribution in [0.25, 0.3) is 11.2 Å². The maximum atomic E-state index is 11.7. The number of carbonyl (C=O) groups is 1. The van der Waals surface area contributed by atoms with Crippen molar-refractivity contribution in [3.05, 3.63) is 41.8 Å². The predicted octanol–water partition coefficient (Wildman–Crippen LogP) is 2.62. The van der Waals surface area contributed by atoms with Crippen molar-refractivity contribution in [3.63, 3.8) is 0 Å². The Hall–Kier alpha value is -2.67. The SMILES string of the molecule is O=C(Nc1nc(Cl)c2[nH]cnc2n1)Oc1ccccc1. The first-order valence-electron chi connectivity index (χ1n) is 5.63. The van der Waals surface area contributed by atoms with Crippen LogP contribution in [0.1, 0.15) is 0 Å². The van der Waals surface area contributed by atoms with Gasteiger partial charge in [0.15, 0.2) is 10.8 Å². The van der Waals surface area contributed by atoms with E-state index >= 15 is 0 Å². The molecule has 0 atom stereocenters. The largest absolute Gasteiger partial charge is 0.419 e.